The fraction of sp³-hybridized carbons (Fsp3) is 0.750. The van der Waals surface area contributed by atoms with Crippen molar-refractivity contribution in [2.45, 2.75) is 99.0 Å². The number of rotatable bonds is 2. The van der Waals surface area contributed by atoms with Crippen molar-refractivity contribution in [1.29, 1.82) is 5.26 Å². The highest BCUT2D eigenvalue weighted by Gasteiger charge is 2.75. The van der Waals surface area contributed by atoms with Gasteiger partial charge < -0.3 is 9.84 Å². The van der Waals surface area contributed by atoms with Gasteiger partial charge in [-0.05, 0) is 73.3 Å². The molecule has 0 aliphatic heterocycles. The van der Waals surface area contributed by atoms with Crippen molar-refractivity contribution in [3.05, 3.63) is 23.3 Å². The fourth-order valence-electron chi connectivity index (χ4n) is 9.87. The first-order chi connectivity index (χ1) is 17.5. The Balaban J connectivity index is 1.70. The summed E-state index contributed by atoms with van der Waals surface area (Å²) in [5, 5.41) is 22.7. The van der Waals surface area contributed by atoms with Gasteiger partial charge in [-0.1, -0.05) is 47.6 Å². The number of fused-ring (bicyclic) bond motifs is 7. The van der Waals surface area contributed by atoms with Gasteiger partial charge in [-0.2, -0.15) is 5.26 Å². The van der Waals surface area contributed by atoms with E-state index in [0.29, 0.717) is 12.8 Å². The number of carbonyl (C=O) groups is 3. The van der Waals surface area contributed by atoms with Gasteiger partial charge in [-0.15, -0.1) is 0 Å². The van der Waals surface area contributed by atoms with E-state index in [0.717, 1.165) is 37.7 Å². The molecule has 0 aromatic rings. The standard InChI is InChI=1S/C32H43NO5/c1-19-22-8-9-29(6)23(28(22,5)15-21(17-33)26(19)36)14-25(35)32(37)24-16-27(3,4)10-12-31(24,18-38-20(2)34)13-11-30(29,32)7/h14-15,19,22,24,37H,8-13,16,18H2,1-7H3/t19-,22?,24?,28-,29+,30-,31+,32+/m0/s1. The van der Waals surface area contributed by atoms with Crippen LogP contribution in [0.5, 0.6) is 0 Å². The van der Waals surface area contributed by atoms with Crippen LogP contribution in [-0.2, 0) is 19.1 Å². The highest BCUT2D eigenvalue weighted by Crippen LogP contribution is 2.74. The van der Waals surface area contributed by atoms with Crippen LogP contribution in [0.2, 0.25) is 0 Å². The number of aliphatic hydroxyl groups is 1. The third-order valence-electron chi connectivity index (χ3n) is 12.4. The van der Waals surface area contributed by atoms with E-state index >= 15 is 0 Å². The Morgan fingerprint density at radius 3 is 2.39 bits per heavy atom. The summed E-state index contributed by atoms with van der Waals surface area (Å²) in [6.45, 7) is 14.4. The summed E-state index contributed by atoms with van der Waals surface area (Å²) in [5.74, 6) is -1.33. The zero-order chi connectivity index (χ0) is 28.1. The van der Waals surface area contributed by atoms with Gasteiger partial charge >= 0.3 is 5.97 Å². The van der Waals surface area contributed by atoms with Crippen molar-refractivity contribution < 1.29 is 24.2 Å². The van der Waals surface area contributed by atoms with Gasteiger partial charge in [-0.25, -0.2) is 0 Å². The quantitative estimate of drug-likeness (QED) is 0.482. The van der Waals surface area contributed by atoms with Gasteiger partial charge in [0.1, 0.15) is 11.7 Å². The fourth-order valence-corrected chi connectivity index (χ4v) is 9.87. The van der Waals surface area contributed by atoms with Crippen molar-refractivity contribution in [2.24, 2.45) is 44.8 Å². The summed E-state index contributed by atoms with van der Waals surface area (Å²) in [4.78, 5) is 39.2. The molecule has 0 amide bonds. The molecule has 0 aromatic carbocycles. The van der Waals surface area contributed by atoms with E-state index < -0.39 is 27.3 Å². The molecule has 3 fully saturated rings. The zero-order valence-corrected chi connectivity index (χ0v) is 24.1. The van der Waals surface area contributed by atoms with Crippen molar-refractivity contribution >= 4 is 17.5 Å². The van der Waals surface area contributed by atoms with Crippen molar-refractivity contribution in [1.82, 2.24) is 0 Å². The molecule has 6 heteroatoms. The number of ketones is 2. The van der Waals surface area contributed by atoms with Crippen LogP contribution in [0.25, 0.3) is 0 Å². The molecule has 206 valence electrons. The molecule has 38 heavy (non-hydrogen) atoms. The maximum atomic E-state index is 14.4. The first-order valence-corrected chi connectivity index (χ1v) is 14.3. The van der Waals surface area contributed by atoms with Crippen LogP contribution in [0.1, 0.15) is 93.4 Å². The number of esters is 1. The molecular weight excluding hydrogens is 478 g/mol. The maximum Gasteiger partial charge on any atom is 0.302 e. The second-order valence-corrected chi connectivity index (χ2v) is 14.7. The molecular formula is C32H43NO5. The largest absolute Gasteiger partial charge is 0.465 e. The van der Waals surface area contributed by atoms with Crippen LogP contribution < -0.4 is 0 Å². The van der Waals surface area contributed by atoms with Crippen molar-refractivity contribution in [2.75, 3.05) is 6.61 Å². The highest BCUT2D eigenvalue weighted by molar-refractivity contribution is 6.03. The smallest absolute Gasteiger partial charge is 0.302 e. The molecule has 0 bridgehead atoms. The van der Waals surface area contributed by atoms with E-state index in [4.69, 9.17) is 4.74 Å². The van der Waals surface area contributed by atoms with Crippen LogP contribution in [0, 0.1) is 56.2 Å². The Hall–Kier alpha value is -2.26. The maximum absolute atomic E-state index is 14.4. The van der Waals surface area contributed by atoms with Gasteiger partial charge in [0.15, 0.2) is 11.6 Å². The van der Waals surface area contributed by atoms with E-state index in [-0.39, 0.29) is 52.9 Å². The SMILES string of the molecule is CC(=O)OC[C@]12CCC(C)(C)CC1[C@@]1(O)C(=O)C=C3[C@@]4(C)C=C(C#N)C(=O)[C@@H](C)C4CC[C@@]3(C)[C@]1(C)CC2. The second kappa shape index (κ2) is 8.13. The molecule has 0 aromatic heterocycles. The lowest BCUT2D eigenvalue weighted by Gasteiger charge is -2.71. The average molecular weight is 522 g/mol. The number of allylic oxidation sites excluding steroid dienone is 3. The average Bonchev–Trinajstić information content (AvgIpc) is 2.84. The lowest BCUT2D eigenvalue weighted by atomic mass is 9.33. The minimum absolute atomic E-state index is 0.00859. The number of hydrogen-bond donors (Lipinski definition) is 1. The summed E-state index contributed by atoms with van der Waals surface area (Å²) >= 11 is 0. The molecule has 0 radical (unpaired) electrons. The van der Waals surface area contributed by atoms with Crippen molar-refractivity contribution in [3.8, 4) is 6.07 Å². The Morgan fingerprint density at radius 1 is 1.11 bits per heavy atom. The number of carbonyl (C=O) groups excluding carboxylic acids is 3. The van der Waals surface area contributed by atoms with Gasteiger partial charge in [0, 0.05) is 35.0 Å². The molecule has 1 N–H and O–H groups in total. The van der Waals surface area contributed by atoms with E-state index in [9.17, 15) is 24.8 Å². The number of nitrogens with zero attached hydrogens (tertiary/aromatic N) is 1. The van der Waals surface area contributed by atoms with Crippen LogP contribution in [0.3, 0.4) is 0 Å². The third kappa shape index (κ3) is 3.23. The second-order valence-electron chi connectivity index (χ2n) is 14.7. The van der Waals surface area contributed by atoms with Crippen LogP contribution in [-0.4, -0.2) is 34.9 Å². The van der Waals surface area contributed by atoms with Gasteiger partial charge in [0.2, 0.25) is 0 Å². The van der Waals surface area contributed by atoms with Gasteiger partial charge in [0.05, 0.1) is 12.2 Å². The molecule has 5 aliphatic rings. The minimum Gasteiger partial charge on any atom is -0.465 e. The Morgan fingerprint density at radius 2 is 1.76 bits per heavy atom. The number of ether oxygens (including phenoxy) is 1. The topological polar surface area (TPSA) is 104 Å². The van der Waals surface area contributed by atoms with Gasteiger partial charge in [0.25, 0.3) is 0 Å². The summed E-state index contributed by atoms with van der Waals surface area (Å²) < 4.78 is 5.62. The van der Waals surface area contributed by atoms with E-state index in [2.05, 4.69) is 40.7 Å². The molecule has 0 spiro atoms. The molecule has 2 unspecified atom stereocenters. The van der Waals surface area contributed by atoms with Gasteiger partial charge in [-0.3, -0.25) is 14.4 Å². The molecule has 3 saturated carbocycles. The summed E-state index contributed by atoms with van der Waals surface area (Å²) in [6.07, 6.45) is 8.97. The first-order valence-electron chi connectivity index (χ1n) is 14.3. The Kier molecular flexibility index (Phi) is 5.84. The molecule has 8 atom stereocenters. The van der Waals surface area contributed by atoms with Crippen molar-refractivity contribution in [3.63, 3.8) is 0 Å². The third-order valence-corrected chi connectivity index (χ3v) is 12.4. The predicted molar refractivity (Wildman–Crippen MR) is 142 cm³/mol. The van der Waals surface area contributed by atoms with E-state index in [1.54, 1.807) is 6.08 Å². The molecule has 5 aliphatic carbocycles. The molecule has 0 saturated heterocycles. The van der Waals surface area contributed by atoms with Crippen LogP contribution in [0.15, 0.2) is 23.3 Å². The molecule has 6 nitrogen and oxygen atoms in total. The number of hydrogen-bond acceptors (Lipinski definition) is 6. The number of Topliss-reactive ketones (excluding diaryl/α,β-unsaturated/α-hetero) is 1. The summed E-state index contributed by atoms with van der Waals surface area (Å²) in [7, 11) is 0. The Labute approximate surface area is 226 Å². The lowest BCUT2D eigenvalue weighted by Crippen LogP contribution is -2.74. The molecule has 5 rings (SSSR count). The Bertz CT molecular complexity index is 1220. The number of nitriles is 1. The first kappa shape index (κ1) is 27.3. The lowest BCUT2D eigenvalue weighted by molar-refractivity contribution is -0.251. The normalized spacial score (nSPS) is 47.3. The van der Waals surface area contributed by atoms with Crippen LogP contribution >= 0.6 is 0 Å². The minimum atomic E-state index is -1.59. The monoisotopic (exact) mass is 521 g/mol. The summed E-state index contributed by atoms with van der Waals surface area (Å²) in [6, 6.07) is 2.12. The molecule has 0 heterocycles. The van der Waals surface area contributed by atoms with E-state index in [1.165, 1.54) is 6.92 Å². The highest BCUT2D eigenvalue weighted by atomic mass is 16.5. The zero-order valence-electron chi connectivity index (χ0n) is 24.1. The van der Waals surface area contributed by atoms with Crippen LogP contribution in [0.4, 0.5) is 0 Å². The van der Waals surface area contributed by atoms with E-state index in [1.807, 2.05) is 13.0 Å². The predicted octanol–water partition coefficient (Wildman–Crippen LogP) is 5.49. The summed E-state index contributed by atoms with van der Waals surface area (Å²) in [5.41, 5.74) is -2.77.